The normalized spacial score (nSPS) is 10.5. The number of carbonyl (C=O) groups is 1. The monoisotopic (exact) mass is 367 g/mol. The summed E-state index contributed by atoms with van der Waals surface area (Å²) >= 11 is 1.63. The summed E-state index contributed by atoms with van der Waals surface area (Å²) in [6.07, 6.45) is 0. The molecular weight excluding hydrogens is 346 g/mol. The molecule has 0 unspecified atom stereocenters. The Kier molecular flexibility index (Phi) is 6.41. The molecule has 0 N–H and O–H groups in total. The average molecular weight is 367 g/mol. The number of thiophene rings is 1. The van der Waals surface area contributed by atoms with Crippen molar-refractivity contribution in [2.45, 2.75) is 6.54 Å². The first-order valence-electron chi connectivity index (χ1n) is 8.38. The highest BCUT2D eigenvalue weighted by atomic mass is 32.1. The molecule has 0 saturated carbocycles. The summed E-state index contributed by atoms with van der Waals surface area (Å²) in [4.78, 5) is 14.7. The van der Waals surface area contributed by atoms with E-state index in [-0.39, 0.29) is 5.91 Å². The Hall–Kier alpha value is -2.63. The van der Waals surface area contributed by atoms with Gasteiger partial charge in [0, 0.05) is 25.8 Å². The molecule has 5 heteroatoms. The minimum absolute atomic E-state index is 0.0143. The van der Waals surface area contributed by atoms with Crippen molar-refractivity contribution in [3.05, 3.63) is 82.6 Å². The lowest BCUT2D eigenvalue weighted by atomic mass is 10.1. The van der Waals surface area contributed by atoms with Gasteiger partial charge in [-0.3, -0.25) is 4.79 Å². The highest BCUT2D eigenvalue weighted by Crippen LogP contribution is 2.22. The van der Waals surface area contributed by atoms with E-state index in [1.807, 2.05) is 53.9 Å². The van der Waals surface area contributed by atoms with Crippen molar-refractivity contribution in [1.29, 1.82) is 0 Å². The van der Waals surface area contributed by atoms with Gasteiger partial charge in [0.25, 0.3) is 5.91 Å². The summed E-state index contributed by atoms with van der Waals surface area (Å²) in [5.41, 5.74) is 1.76. The van der Waals surface area contributed by atoms with Gasteiger partial charge in [0.2, 0.25) is 0 Å². The Balaban J connectivity index is 1.69. The van der Waals surface area contributed by atoms with E-state index in [2.05, 4.69) is 5.38 Å². The van der Waals surface area contributed by atoms with Gasteiger partial charge < -0.3 is 14.4 Å². The fourth-order valence-corrected chi connectivity index (χ4v) is 3.19. The first-order chi connectivity index (χ1) is 12.8. The molecule has 26 heavy (non-hydrogen) atoms. The largest absolute Gasteiger partial charge is 0.457 e. The van der Waals surface area contributed by atoms with Crippen LogP contribution in [0.2, 0.25) is 0 Å². The fraction of sp³-hybridized carbons (Fsp3) is 0.190. The first-order valence-corrected chi connectivity index (χ1v) is 9.33. The Morgan fingerprint density at radius 3 is 2.38 bits per heavy atom. The molecule has 3 aromatic rings. The Labute approximate surface area is 157 Å². The van der Waals surface area contributed by atoms with E-state index in [1.54, 1.807) is 35.5 Å². The third-order valence-corrected chi connectivity index (χ3v) is 4.62. The van der Waals surface area contributed by atoms with E-state index in [4.69, 9.17) is 9.47 Å². The van der Waals surface area contributed by atoms with E-state index < -0.39 is 0 Å². The molecule has 3 rings (SSSR count). The second kappa shape index (κ2) is 9.17. The Morgan fingerprint density at radius 2 is 1.73 bits per heavy atom. The minimum atomic E-state index is -0.0143. The van der Waals surface area contributed by atoms with Crippen molar-refractivity contribution in [3.63, 3.8) is 0 Å². The summed E-state index contributed by atoms with van der Waals surface area (Å²) in [5.74, 6) is 1.46. The van der Waals surface area contributed by atoms with Crippen LogP contribution in [0, 0.1) is 0 Å². The minimum Gasteiger partial charge on any atom is -0.457 e. The molecule has 0 aliphatic rings. The summed E-state index contributed by atoms with van der Waals surface area (Å²) in [7, 11) is 1.64. The van der Waals surface area contributed by atoms with Crippen LogP contribution in [0.4, 0.5) is 0 Å². The maximum Gasteiger partial charge on any atom is 0.254 e. The third kappa shape index (κ3) is 4.94. The van der Waals surface area contributed by atoms with Gasteiger partial charge in [0.05, 0.1) is 6.61 Å². The topological polar surface area (TPSA) is 38.8 Å². The zero-order valence-electron chi connectivity index (χ0n) is 14.6. The molecule has 0 spiro atoms. The second-order valence-electron chi connectivity index (χ2n) is 5.79. The number of hydrogen-bond acceptors (Lipinski definition) is 4. The van der Waals surface area contributed by atoms with Gasteiger partial charge in [-0.1, -0.05) is 18.2 Å². The SMILES string of the molecule is COCCN(Cc1ccsc1)C(=O)c1ccc(Oc2ccccc2)cc1. The molecular formula is C21H21NO3S. The molecule has 1 amide bonds. The van der Waals surface area contributed by atoms with Gasteiger partial charge >= 0.3 is 0 Å². The predicted molar refractivity (Wildman–Crippen MR) is 104 cm³/mol. The second-order valence-corrected chi connectivity index (χ2v) is 6.57. The number of hydrogen-bond donors (Lipinski definition) is 0. The number of para-hydroxylation sites is 1. The van der Waals surface area contributed by atoms with E-state index in [0.717, 1.165) is 11.3 Å². The number of ether oxygens (including phenoxy) is 2. The van der Waals surface area contributed by atoms with Crippen molar-refractivity contribution in [2.24, 2.45) is 0 Å². The number of methoxy groups -OCH3 is 1. The van der Waals surface area contributed by atoms with Crippen LogP contribution < -0.4 is 4.74 Å². The quantitative estimate of drug-likeness (QED) is 0.572. The fourth-order valence-electron chi connectivity index (χ4n) is 2.53. The number of rotatable bonds is 8. The van der Waals surface area contributed by atoms with Crippen LogP contribution in [0.5, 0.6) is 11.5 Å². The van der Waals surface area contributed by atoms with E-state index in [1.165, 1.54) is 0 Å². The lowest BCUT2D eigenvalue weighted by Crippen LogP contribution is -2.33. The van der Waals surface area contributed by atoms with Crippen molar-refractivity contribution >= 4 is 17.2 Å². The van der Waals surface area contributed by atoms with Gasteiger partial charge in [-0.2, -0.15) is 11.3 Å². The zero-order chi connectivity index (χ0) is 18.2. The van der Waals surface area contributed by atoms with Crippen LogP contribution in [-0.2, 0) is 11.3 Å². The van der Waals surface area contributed by atoms with Crippen LogP contribution in [0.15, 0.2) is 71.4 Å². The molecule has 0 fully saturated rings. The molecule has 0 radical (unpaired) electrons. The van der Waals surface area contributed by atoms with Crippen molar-refractivity contribution in [3.8, 4) is 11.5 Å². The Morgan fingerprint density at radius 1 is 1.00 bits per heavy atom. The Bertz CT molecular complexity index is 801. The molecule has 0 bridgehead atoms. The molecule has 4 nitrogen and oxygen atoms in total. The van der Waals surface area contributed by atoms with Gasteiger partial charge in [0.1, 0.15) is 11.5 Å². The number of benzene rings is 2. The van der Waals surface area contributed by atoms with Crippen LogP contribution in [0.25, 0.3) is 0 Å². The van der Waals surface area contributed by atoms with E-state index >= 15 is 0 Å². The lowest BCUT2D eigenvalue weighted by Gasteiger charge is -2.22. The van der Waals surface area contributed by atoms with Crippen LogP contribution in [0.3, 0.4) is 0 Å². The third-order valence-electron chi connectivity index (χ3n) is 3.89. The summed E-state index contributed by atoms with van der Waals surface area (Å²) in [6.45, 7) is 1.63. The summed E-state index contributed by atoms with van der Waals surface area (Å²) < 4.78 is 10.9. The van der Waals surface area contributed by atoms with Gasteiger partial charge in [-0.05, 0) is 58.8 Å². The molecule has 0 saturated heterocycles. The smallest absolute Gasteiger partial charge is 0.254 e. The van der Waals surface area contributed by atoms with Gasteiger partial charge in [-0.15, -0.1) is 0 Å². The predicted octanol–water partition coefficient (Wildman–Crippen LogP) is 4.83. The van der Waals surface area contributed by atoms with Crippen LogP contribution in [0.1, 0.15) is 15.9 Å². The molecule has 0 aliphatic heterocycles. The molecule has 2 aromatic carbocycles. The van der Waals surface area contributed by atoms with Crippen molar-refractivity contribution < 1.29 is 14.3 Å². The molecule has 1 aromatic heterocycles. The van der Waals surface area contributed by atoms with Crippen LogP contribution in [-0.4, -0.2) is 31.1 Å². The number of carbonyl (C=O) groups excluding carboxylic acids is 1. The molecule has 0 atom stereocenters. The maximum atomic E-state index is 12.9. The molecule has 1 heterocycles. The number of amides is 1. The van der Waals surface area contributed by atoms with Crippen LogP contribution >= 0.6 is 11.3 Å². The lowest BCUT2D eigenvalue weighted by molar-refractivity contribution is 0.0680. The number of nitrogens with zero attached hydrogens (tertiary/aromatic N) is 1. The molecule has 134 valence electrons. The highest BCUT2D eigenvalue weighted by molar-refractivity contribution is 7.07. The van der Waals surface area contributed by atoms with Crippen molar-refractivity contribution in [1.82, 2.24) is 4.90 Å². The van der Waals surface area contributed by atoms with E-state index in [0.29, 0.717) is 31.0 Å². The van der Waals surface area contributed by atoms with Crippen molar-refractivity contribution in [2.75, 3.05) is 20.3 Å². The maximum absolute atomic E-state index is 12.9. The summed E-state index contributed by atoms with van der Waals surface area (Å²) in [5, 5.41) is 4.08. The average Bonchev–Trinajstić information content (AvgIpc) is 3.19. The van der Waals surface area contributed by atoms with Gasteiger partial charge in [0.15, 0.2) is 0 Å². The zero-order valence-corrected chi connectivity index (χ0v) is 15.4. The summed E-state index contributed by atoms with van der Waals surface area (Å²) in [6, 6.07) is 18.8. The first kappa shape index (κ1) is 18.2. The standard InChI is InChI=1S/C21H21NO3S/c1-24-13-12-22(15-17-11-14-26-16-17)21(23)18-7-9-20(10-8-18)25-19-5-3-2-4-6-19/h2-11,14,16H,12-13,15H2,1H3. The molecule has 0 aliphatic carbocycles. The highest BCUT2D eigenvalue weighted by Gasteiger charge is 2.16. The van der Waals surface area contributed by atoms with Gasteiger partial charge in [-0.25, -0.2) is 0 Å². The van der Waals surface area contributed by atoms with E-state index in [9.17, 15) is 4.79 Å².